The molecular weight excluding hydrogens is 339 g/mol. The first kappa shape index (κ1) is 14.2. The van der Waals surface area contributed by atoms with E-state index in [0.29, 0.717) is 11.9 Å². The summed E-state index contributed by atoms with van der Waals surface area (Å²) in [5.41, 5.74) is 1.07. The lowest BCUT2D eigenvalue weighted by Crippen LogP contribution is -2.21. The number of rotatable bonds is 3. The number of fused-ring (bicyclic) bond motifs is 1. The van der Waals surface area contributed by atoms with Gasteiger partial charge in [0.15, 0.2) is 0 Å². The van der Waals surface area contributed by atoms with E-state index in [0.717, 1.165) is 21.7 Å². The van der Waals surface area contributed by atoms with Crippen molar-refractivity contribution in [1.82, 2.24) is 9.55 Å². The smallest absolute Gasteiger partial charge is 0.262 e. The third kappa shape index (κ3) is 2.45. The minimum atomic E-state index is -0.682. The first-order chi connectivity index (χ1) is 10.5. The summed E-state index contributed by atoms with van der Waals surface area (Å²) in [6, 6.07) is 11.9. The van der Waals surface area contributed by atoms with Gasteiger partial charge in [-0.1, -0.05) is 30.3 Å². The third-order valence-electron chi connectivity index (χ3n) is 3.95. The van der Waals surface area contributed by atoms with Crippen molar-refractivity contribution >= 4 is 44.8 Å². The van der Waals surface area contributed by atoms with Gasteiger partial charge in [-0.25, -0.2) is 4.98 Å². The lowest BCUT2D eigenvalue weighted by atomic mass is 10.2. The molecule has 1 aliphatic carbocycles. The van der Waals surface area contributed by atoms with Crippen LogP contribution in [0.2, 0.25) is 0 Å². The van der Waals surface area contributed by atoms with Crippen LogP contribution in [0.15, 0.2) is 47.5 Å². The predicted octanol–water partition coefficient (Wildman–Crippen LogP) is 4.32. The number of benzene rings is 1. The van der Waals surface area contributed by atoms with Crippen molar-refractivity contribution < 1.29 is 0 Å². The molecule has 0 N–H and O–H groups in total. The quantitative estimate of drug-likeness (QED) is 0.659. The molecule has 1 saturated carbocycles. The van der Waals surface area contributed by atoms with Crippen molar-refractivity contribution in [2.75, 3.05) is 0 Å². The van der Waals surface area contributed by atoms with Gasteiger partial charge >= 0.3 is 0 Å². The van der Waals surface area contributed by atoms with Crippen LogP contribution in [0.5, 0.6) is 0 Å². The van der Waals surface area contributed by atoms with Crippen LogP contribution in [0.25, 0.3) is 20.7 Å². The van der Waals surface area contributed by atoms with Crippen molar-refractivity contribution in [1.29, 1.82) is 0 Å². The van der Waals surface area contributed by atoms with E-state index in [-0.39, 0.29) is 11.5 Å². The van der Waals surface area contributed by atoms with E-state index >= 15 is 0 Å². The van der Waals surface area contributed by atoms with Crippen LogP contribution in [0.1, 0.15) is 6.42 Å². The average molecular weight is 351 g/mol. The maximum absolute atomic E-state index is 12.6. The van der Waals surface area contributed by atoms with Crippen molar-refractivity contribution in [3.63, 3.8) is 0 Å². The van der Waals surface area contributed by atoms with Crippen LogP contribution in [0.4, 0.5) is 0 Å². The third-order valence-corrected chi connectivity index (χ3v) is 5.97. The number of halogens is 2. The van der Waals surface area contributed by atoms with E-state index < -0.39 is 4.33 Å². The fourth-order valence-corrected chi connectivity index (χ4v) is 4.05. The van der Waals surface area contributed by atoms with E-state index in [1.54, 1.807) is 10.9 Å². The fraction of sp³-hybridized carbons (Fsp3) is 0.250. The molecule has 0 radical (unpaired) electrons. The summed E-state index contributed by atoms with van der Waals surface area (Å²) in [6.45, 7) is 0.519. The molecule has 3 nitrogen and oxygen atoms in total. The monoisotopic (exact) mass is 350 g/mol. The Balaban J connectivity index is 1.74. The minimum Gasteiger partial charge on any atom is -0.298 e. The van der Waals surface area contributed by atoms with Crippen LogP contribution in [0.3, 0.4) is 0 Å². The molecule has 112 valence electrons. The molecule has 0 amide bonds. The van der Waals surface area contributed by atoms with Crippen LogP contribution in [-0.2, 0) is 6.54 Å². The summed E-state index contributed by atoms with van der Waals surface area (Å²) in [6.07, 6.45) is 2.32. The Labute approximate surface area is 141 Å². The zero-order chi connectivity index (χ0) is 15.3. The molecule has 1 fully saturated rings. The highest BCUT2D eigenvalue weighted by atomic mass is 35.5. The van der Waals surface area contributed by atoms with Crippen LogP contribution < -0.4 is 5.56 Å². The van der Waals surface area contributed by atoms with Crippen molar-refractivity contribution in [2.45, 2.75) is 17.3 Å². The highest BCUT2D eigenvalue weighted by molar-refractivity contribution is 7.21. The summed E-state index contributed by atoms with van der Waals surface area (Å²) < 4.78 is 0.930. The van der Waals surface area contributed by atoms with E-state index in [2.05, 4.69) is 4.98 Å². The molecular formula is C16H12Cl2N2OS. The van der Waals surface area contributed by atoms with Crippen LogP contribution in [0, 0.1) is 5.92 Å². The van der Waals surface area contributed by atoms with Gasteiger partial charge in [0.05, 0.1) is 11.7 Å². The van der Waals surface area contributed by atoms with Gasteiger partial charge in [0, 0.05) is 17.3 Å². The maximum Gasteiger partial charge on any atom is 0.262 e. The molecule has 6 heteroatoms. The van der Waals surface area contributed by atoms with Gasteiger partial charge in [0.1, 0.15) is 9.16 Å². The standard InChI is InChI=1S/C16H12Cl2N2OS/c17-16(18)7-11(16)8-20-9-19-14-12(15(20)21)6-13(22-14)10-4-2-1-3-5-10/h1-6,9,11H,7-8H2. The molecule has 1 aliphatic rings. The van der Waals surface area contributed by atoms with Crippen molar-refractivity contribution in [3.8, 4) is 10.4 Å². The number of hydrogen-bond donors (Lipinski definition) is 0. The van der Waals surface area contributed by atoms with E-state index in [1.807, 2.05) is 36.4 Å². The Bertz CT molecular complexity index is 901. The molecule has 22 heavy (non-hydrogen) atoms. The Morgan fingerprint density at radius 1 is 1.32 bits per heavy atom. The van der Waals surface area contributed by atoms with E-state index in [1.165, 1.54) is 11.3 Å². The van der Waals surface area contributed by atoms with Gasteiger partial charge in [0.25, 0.3) is 5.56 Å². The molecule has 3 aromatic rings. The van der Waals surface area contributed by atoms with Gasteiger partial charge in [-0.2, -0.15) is 0 Å². The molecule has 2 heterocycles. The number of alkyl halides is 2. The first-order valence-corrected chi connectivity index (χ1v) is 8.54. The molecule has 0 spiro atoms. The van der Waals surface area contributed by atoms with Crippen molar-refractivity contribution in [2.24, 2.45) is 5.92 Å². The van der Waals surface area contributed by atoms with Crippen molar-refractivity contribution in [3.05, 3.63) is 53.1 Å². The molecule has 4 rings (SSSR count). The largest absolute Gasteiger partial charge is 0.298 e. The van der Waals surface area contributed by atoms with Gasteiger partial charge in [-0.3, -0.25) is 9.36 Å². The lowest BCUT2D eigenvalue weighted by molar-refractivity contribution is 0.597. The Kier molecular flexibility index (Phi) is 3.29. The number of hydrogen-bond acceptors (Lipinski definition) is 3. The molecule has 1 atom stereocenters. The van der Waals surface area contributed by atoms with Gasteiger partial charge < -0.3 is 0 Å². The summed E-state index contributed by atoms with van der Waals surface area (Å²) in [7, 11) is 0. The molecule has 1 aromatic carbocycles. The summed E-state index contributed by atoms with van der Waals surface area (Å²) in [5.74, 6) is 0.125. The van der Waals surface area contributed by atoms with Gasteiger partial charge in [0.2, 0.25) is 0 Å². The summed E-state index contributed by atoms with van der Waals surface area (Å²) in [4.78, 5) is 18.8. The highest BCUT2D eigenvalue weighted by Crippen LogP contribution is 2.53. The van der Waals surface area contributed by atoms with E-state index in [4.69, 9.17) is 23.2 Å². The molecule has 0 bridgehead atoms. The molecule has 0 saturated heterocycles. The predicted molar refractivity (Wildman–Crippen MR) is 91.9 cm³/mol. The Hall–Kier alpha value is -1.36. The number of thiophene rings is 1. The maximum atomic E-state index is 12.6. The normalized spacial score (nSPS) is 19.5. The second-order valence-electron chi connectivity index (χ2n) is 5.56. The second kappa shape index (κ2) is 5.08. The highest BCUT2D eigenvalue weighted by Gasteiger charge is 2.51. The summed E-state index contributed by atoms with van der Waals surface area (Å²) >= 11 is 13.6. The summed E-state index contributed by atoms with van der Waals surface area (Å²) in [5, 5.41) is 0.654. The topological polar surface area (TPSA) is 34.9 Å². The van der Waals surface area contributed by atoms with E-state index in [9.17, 15) is 4.79 Å². The zero-order valence-corrected chi connectivity index (χ0v) is 13.8. The van der Waals surface area contributed by atoms with Gasteiger partial charge in [-0.15, -0.1) is 34.5 Å². The second-order valence-corrected chi connectivity index (χ2v) is 8.13. The fourth-order valence-electron chi connectivity index (χ4n) is 2.54. The average Bonchev–Trinajstić information content (AvgIpc) is 2.94. The minimum absolute atomic E-state index is 0.0283. The molecule has 2 aromatic heterocycles. The zero-order valence-electron chi connectivity index (χ0n) is 11.5. The molecule has 1 unspecified atom stereocenters. The number of nitrogens with zero attached hydrogens (tertiary/aromatic N) is 2. The first-order valence-electron chi connectivity index (χ1n) is 6.97. The molecule has 0 aliphatic heterocycles. The van der Waals surface area contributed by atoms with Crippen LogP contribution in [-0.4, -0.2) is 13.9 Å². The Morgan fingerprint density at radius 2 is 2.05 bits per heavy atom. The Morgan fingerprint density at radius 3 is 2.73 bits per heavy atom. The number of aromatic nitrogens is 2. The van der Waals surface area contributed by atoms with Crippen LogP contribution >= 0.6 is 34.5 Å². The van der Waals surface area contributed by atoms with Gasteiger partial charge in [-0.05, 0) is 18.1 Å². The lowest BCUT2D eigenvalue weighted by Gasteiger charge is -2.04. The SMILES string of the molecule is O=c1c2cc(-c3ccccc3)sc2ncn1CC1CC1(Cl)Cl.